The summed E-state index contributed by atoms with van der Waals surface area (Å²) in [7, 11) is 3.12. The average molecular weight is 374 g/mol. The van der Waals surface area contributed by atoms with Crippen LogP contribution in [0.2, 0.25) is 0 Å². The van der Waals surface area contributed by atoms with Gasteiger partial charge in [-0.15, -0.1) is 0 Å². The first-order valence-electron chi connectivity index (χ1n) is 9.21. The van der Waals surface area contributed by atoms with Crippen LogP contribution in [-0.4, -0.2) is 25.1 Å². The van der Waals surface area contributed by atoms with E-state index in [9.17, 15) is 4.79 Å². The molecule has 0 radical (unpaired) electrons. The third-order valence-corrected chi connectivity index (χ3v) is 5.00. The van der Waals surface area contributed by atoms with E-state index in [-0.39, 0.29) is 5.91 Å². The summed E-state index contributed by atoms with van der Waals surface area (Å²) in [6.07, 6.45) is 0.965. The zero-order valence-electron chi connectivity index (χ0n) is 16.1. The quantitative estimate of drug-likeness (QED) is 0.508. The van der Waals surface area contributed by atoms with E-state index < -0.39 is 0 Å². The first-order chi connectivity index (χ1) is 13.6. The molecular weight excluding hydrogens is 352 g/mol. The van der Waals surface area contributed by atoms with E-state index in [0.29, 0.717) is 17.1 Å². The van der Waals surface area contributed by atoms with Gasteiger partial charge in [0.1, 0.15) is 0 Å². The van der Waals surface area contributed by atoms with Crippen LogP contribution in [0.5, 0.6) is 11.5 Å². The predicted molar refractivity (Wildman–Crippen MR) is 113 cm³/mol. The SMILES string of the molecule is CCc1cccc2c1[nH]c1cc(NC(=O)c3ccc(OC)c(OC)c3)ccc12. The molecule has 5 nitrogen and oxygen atoms in total. The highest BCUT2D eigenvalue weighted by Crippen LogP contribution is 2.31. The van der Waals surface area contributed by atoms with E-state index in [4.69, 9.17) is 9.47 Å². The molecule has 4 rings (SSSR count). The zero-order chi connectivity index (χ0) is 19.7. The molecule has 1 heterocycles. The van der Waals surface area contributed by atoms with Crippen LogP contribution in [0.1, 0.15) is 22.8 Å². The van der Waals surface area contributed by atoms with Crippen molar-refractivity contribution >= 4 is 33.4 Å². The Bertz CT molecular complexity index is 1180. The van der Waals surface area contributed by atoms with Crippen LogP contribution in [0, 0.1) is 0 Å². The highest BCUT2D eigenvalue weighted by atomic mass is 16.5. The van der Waals surface area contributed by atoms with E-state index in [1.807, 2.05) is 18.2 Å². The number of H-pyrrole nitrogens is 1. The topological polar surface area (TPSA) is 63.4 Å². The third-order valence-electron chi connectivity index (χ3n) is 5.00. The summed E-state index contributed by atoms with van der Waals surface area (Å²) in [5, 5.41) is 5.31. The number of methoxy groups -OCH3 is 2. The number of hydrogen-bond acceptors (Lipinski definition) is 3. The van der Waals surface area contributed by atoms with Gasteiger partial charge in [0.05, 0.1) is 14.2 Å². The fourth-order valence-corrected chi connectivity index (χ4v) is 3.54. The van der Waals surface area contributed by atoms with Gasteiger partial charge in [0.2, 0.25) is 0 Å². The Hall–Kier alpha value is -3.47. The van der Waals surface area contributed by atoms with Gasteiger partial charge in [0.25, 0.3) is 5.91 Å². The summed E-state index contributed by atoms with van der Waals surface area (Å²) >= 11 is 0. The van der Waals surface area contributed by atoms with Gasteiger partial charge in [-0.2, -0.15) is 0 Å². The van der Waals surface area contributed by atoms with E-state index in [0.717, 1.165) is 28.5 Å². The van der Waals surface area contributed by atoms with Gasteiger partial charge in [-0.25, -0.2) is 0 Å². The molecule has 28 heavy (non-hydrogen) atoms. The number of carbonyl (C=O) groups is 1. The van der Waals surface area contributed by atoms with E-state index in [2.05, 4.69) is 35.4 Å². The van der Waals surface area contributed by atoms with Crippen molar-refractivity contribution < 1.29 is 14.3 Å². The van der Waals surface area contributed by atoms with Crippen LogP contribution in [0.25, 0.3) is 21.8 Å². The van der Waals surface area contributed by atoms with Gasteiger partial charge >= 0.3 is 0 Å². The number of hydrogen-bond donors (Lipinski definition) is 2. The molecule has 142 valence electrons. The van der Waals surface area contributed by atoms with Gasteiger partial charge in [-0.05, 0) is 42.3 Å². The number of fused-ring (bicyclic) bond motifs is 3. The Morgan fingerprint density at radius 3 is 2.54 bits per heavy atom. The van der Waals surface area contributed by atoms with E-state index >= 15 is 0 Å². The maximum Gasteiger partial charge on any atom is 0.255 e. The van der Waals surface area contributed by atoms with Gasteiger partial charge in [0.15, 0.2) is 11.5 Å². The lowest BCUT2D eigenvalue weighted by molar-refractivity contribution is 0.102. The molecule has 0 fully saturated rings. The minimum absolute atomic E-state index is 0.203. The van der Waals surface area contributed by atoms with Crippen LogP contribution < -0.4 is 14.8 Å². The van der Waals surface area contributed by atoms with Crippen LogP contribution in [0.4, 0.5) is 5.69 Å². The zero-order valence-corrected chi connectivity index (χ0v) is 16.1. The maximum atomic E-state index is 12.7. The Morgan fingerprint density at radius 1 is 0.964 bits per heavy atom. The minimum atomic E-state index is -0.203. The first-order valence-corrected chi connectivity index (χ1v) is 9.21. The molecule has 0 spiro atoms. The second kappa shape index (κ2) is 7.27. The molecule has 0 bridgehead atoms. The number of amides is 1. The van der Waals surface area contributed by atoms with Crippen LogP contribution in [0.15, 0.2) is 54.6 Å². The van der Waals surface area contributed by atoms with Crippen molar-refractivity contribution in [3.8, 4) is 11.5 Å². The lowest BCUT2D eigenvalue weighted by Crippen LogP contribution is -2.12. The summed E-state index contributed by atoms with van der Waals surface area (Å²) in [6.45, 7) is 2.15. The molecule has 3 aromatic carbocycles. The largest absolute Gasteiger partial charge is 0.493 e. The van der Waals surface area contributed by atoms with Crippen molar-refractivity contribution in [2.75, 3.05) is 19.5 Å². The molecular formula is C23H22N2O3. The summed E-state index contributed by atoms with van der Waals surface area (Å²) in [5.41, 5.74) is 4.67. The number of ether oxygens (including phenoxy) is 2. The monoisotopic (exact) mass is 374 g/mol. The molecule has 2 N–H and O–H groups in total. The number of para-hydroxylation sites is 1. The molecule has 1 aromatic heterocycles. The van der Waals surface area contributed by atoms with Crippen molar-refractivity contribution in [2.45, 2.75) is 13.3 Å². The van der Waals surface area contributed by atoms with E-state index in [1.165, 1.54) is 10.9 Å². The highest BCUT2D eigenvalue weighted by molar-refractivity contribution is 6.10. The number of carbonyl (C=O) groups excluding carboxylic acids is 1. The summed E-state index contributed by atoms with van der Waals surface area (Å²) in [4.78, 5) is 16.2. The number of benzene rings is 3. The molecule has 0 atom stereocenters. The molecule has 5 heteroatoms. The van der Waals surface area contributed by atoms with Gasteiger partial charge in [0, 0.05) is 33.1 Å². The smallest absolute Gasteiger partial charge is 0.255 e. The maximum absolute atomic E-state index is 12.7. The standard InChI is InChI=1S/C23H22N2O3/c1-4-14-6-5-7-18-17-10-9-16(13-19(17)25-22(14)18)24-23(26)15-8-11-20(27-2)21(12-15)28-3/h5-13,25H,4H2,1-3H3,(H,24,26). The van der Waals surface area contributed by atoms with Crippen molar-refractivity contribution in [3.63, 3.8) is 0 Å². The second-order valence-corrected chi connectivity index (χ2v) is 6.60. The molecule has 0 aliphatic carbocycles. The molecule has 0 saturated heterocycles. The number of aromatic amines is 1. The lowest BCUT2D eigenvalue weighted by atomic mass is 10.1. The second-order valence-electron chi connectivity index (χ2n) is 6.60. The minimum Gasteiger partial charge on any atom is -0.493 e. The number of anilines is 1. The summed E-state index contributed by atoms with van der Waals surface area (Å²) in [5.74, 6) is 0.907. The highest BCUT2D eigenvalue weighted by Gasteiger charge is 2.12. The normalized spacial score (nSPS) is 11.0. The van der Waals surface area contributed by atoms with Crippen molar-refractivity contribution in [1.82, 2.24) is 4.98 Å². The van der Waals surface area contributed by atoms with Gasteiger partial charge in [-0.3, -0.25) is 4.79 Å². The van der Waals surface area contributed by atoms with Crippen molar-refractivity contribution in [3.05, 3.63) is 65.7 Å². The number of nitrogens with one attached hydrogen (secondary N) is 2. The summed E-state index contributed by atoms with van der Waals surface area (Å²) in [6, 6.07) is 17.4. The van der Waals surface area contributed by atoms with Crippen LogP contribution >= 0.6 is 0 Å². The molecule has 0 aliphatic rings. The molecule has 4 aromatic rings. The molecule has 0 aliphatic heterocycles. The lowest BCUT2D eigenvalue weighted by Gasteiger charge is -2.10. The molecule has 0 saturated carbocycles. The molecule has 1 amide bonds. The Balaban J connectivity index is 1.66. The van der Waals surface area contributed by atoms with Gasteiger partial charge in [-0.1, -0.05) is 31.2 Å². The fourth-order valence-electron chi connectivity index (χ4n) is 3.54. The number of aromatic nitrogens is 1. The molecule has 0 unspecified atom stereocenters. The fraction of sp³-hybridized carbons (Fsp3) is 0.174. The third kappa shape index (κ3) is 3.05. The Labute approximate surface area is 163 Å². The first kappa shape index (κ1) is 17.9. The van der Waals surface area contributed by atoms with Crippen LogP contribution in [0.3, 0.4) is 0 Å². The van der Waals surface area contributed by atoms with Crippen LogP contribution in [-0.2, 0) is 6.42 Å². The van der Waals surface area contributed by atoms with Gasteiger partial charge < -0.3 is 19.8 Å². The Kier molecular flexibility index (Phi) is 4.65. The summed E-state index contributed by atoms with van der Waals surface area (Å²) < 4.78 is 10.5. The predicted octanol–water partition coefficient (Wildman–Crippen LogP) is 5.15. The average Bonchev–Trinajstić information content (AvgIpc) is 3.10. The number of rotatable bonds is 5. The Morgan fingerprint density at radius 2 is 1.79 bits per heavy atom. The van der Waals surface area contributed by atoms with Crippen molar-refractivity contribution in [2.24, 2.45) is 0 Å². The van der Waals surface area contributed by atoms with E-state index in [1.54, 1.807) is 32.4 Å². The van der Waals surface area contributed by atoms with Crippen molar-refractivity contribution in [1.29, 1.82) is 0 Å². The number of aryl methyl sites for hydroxylation is 1.